The van der Waals surface area contributed by atoms with Crippen LogP contribution in [0.25, 0.3) is 0 Å². The molecule has 0 aliphatic rings. The van der Waals surface area contributed by atoms with Crippen molar-refractivity contribution in [3.8, 4) is 0 Å². The van der Waals surface area contributed by atoms with Gasteiger partial charge in [0.2, 0.25) is 5.91 Å². The summed E-state index contributed by atoms with van der Waals surface area (Å²) in [6, 6.07) is 5.20. The van der Waals surface area contributed by atoms with Crippen LogP contribution in [-0.4, -0.2) is 24.8 Å². The van der Waals surface area contributed by atoms with Crippen LogP contribution in [0.15, 0.2) is 18.2 Å². The predicted molar refractivity (Wildman–Crippen MR) is 81.8 cm³/mol. The number of Topliss-reactive ketones (excluding diaryl/α,β-unsaturated/α-hetero) is 1. The summed E-state index contributed by atoms with van der Waals surface area (Å²) in [6.45, 7) is 6.81. The average Bonchev–Trinajstić information content (AvgIpc) is 2.36. The van der Waals surface area contributed by atoms with Gasteiger partial charge in [-0.05, 0) is 31.0 Å². The Labute approximate surface area is 119 Å². The molecule has 0 radical (unpaired) electrons. The standard InChI is InChI=1S/C15H23N3O2/c1-10(2)9-18-15(20)6-7-17-12-4-5-13(11(3)19)14(16)8-12/h4-5,8,10,17H,6-7,9,16H2,1-3H3,(H,18,20). The Morgan fingerprint density at radius 3 is 2.55 bits per heavy atom. The first-order valence-electron chi connectivity index (χ1n) is 6.81. The van der Waals surface area contributed by atoms with E-state index in [-0.39, 0.29) is 11.7 Å². The van der Waals surface area contributed by atoms with Crippen molar-refractivity contribution < 1.29 is 9.59 Å². The maximum atomic E-state index is 11.5. The molecular formula is C15H23N3O2. The minimum Gasteiger partial charge on any atom is -0.398 e. The number of amides is 1. The summed E-state index contributed by atoms with van der Waals surface area (Å²) in [7, 11) is 0. The maximum absolute atomic E-state index is 11.5. The second-order valence-corrected chi connectivity index (χ2v) is 5.23. The molecule has 1 amide bonds. The summed E-state index contributed by atoms with van der Waals surface area (Å²) in [5.41, 5.74) is 7.57. The Morgan fingerprint density at radius 1 is 1.30 bits per heavy atom. The molecule has 1 aromatic rings. The highest BCUT2D eigenvalue weighted by atomic mass is 16.1. The maximum Gasteiger partial charge on any atom is 0.221 e. The number of hydrogen-bond donors (Lipinski definition) is 3. The lowest BCUT2D eigenvalue weighted by Crippen LogP contribution is -2.28. The van der Waals surface area contributed by atoms with E-state index in [0.717, 1.165) is 5.69 Å². The van der Waals surface area contributed by atoms with E-state index < -0.39 is 0 Å². The smallest absolute Gasteiger partial charge is 0.221 e. The fourth-order valence-corrected chi connectivity index (χ4v) is 1.72. The lowest BCUT2D eigenvalue weighted by atomic mass is 10.1. The molecule has 0 atom stereocenters. The molecular weight excluding hydrogens is 254 g/mol. The number of carbonyl (C=O) groups is 2. The first kappa shape index (κ1) is 16.0. The molecule has 0 unspecified atom stereocenters. The van der Waals surface area contributed by atoms with Gasteiger partial charge in [0.15, 0.2) is 5.78 Å². The second-order valence-electron chi connectivity index (χ2n) is 5.23. The van der Waals surface area contributed by atoms with Crippen molar-refractivity contribution in [1.29, 1.82) is 0 Å². The van der Waals surface area contributed by atoms with Crippen molar-refractivity contribution in [3.63, 3.8) is 0 Å². The lowest BCUT2D eigenvalue weighted by molar-refractivity contribution is -0.120. The molecule has 0 heterocycles. The molecule has 20 heavy (non-hydrogen) atoms. The van der Waals surface area contributed by atoms with Gasteiger partial charge in [0.05, 0.1) is 0 Å². The van der Waals surface area contributed by atoms with Crippen molar-refractivity contribution in [3.05, 3.63) is 23.8 Å². The molecule has 0 aliphatic heterocycles. The van der Waals surface area contributed by atoms with Crippen LogP contribution in [0.1, 0.15) is 37.6 Å². The van der Waals surface area contributed by atoms with Gasteiger partial charge < -0.3 is 16.4 Å². The Kier molecular flexibility index (Phi) is 6.03. The van der Waals surface area contributed by atoms with Crippen molar-refractivity contribution in [1.82, 2.24) is 5.32 Å². The highest BCUT2D eigenvalue weighted by Crippen LogP contribution is 2.18. The Hall–Kier alpha value is -2.04. The topological polar surface area (TPSA) is 84.2 Å². The molecule has 4 N–H and O–H groups in total. The summed E-state index contributed by atoms with van der Waals surface area (Å²) < 4.78 is 0. The Morgan fingerprint density at radius 2 is 2.00 bits per heavy atom. The number of nitrogen functional groups attached to an aromatic ring is 1. The summed E-state index contributed by atoms with van der Waals surface area (Å²) in [5, 5.41) is 5.97. The Bertz CT molecular complexity index is 484. The molecule has 0 aromatic heterocycles. The van der Waals surface area contributed by atoms with Crippen LogP contribution >= 0.6 is 0 Å². The van der Waals surface area contributed by atoms with Gasteiger partial charge >= 0.3 is 0 Å². The lowest BCUT2D eigenvalue weighted by Gasteiger charge is -2.10. The third-order valence-corrected chi connectivity index (χ3v) is 2.82. The molecule has 5 heteroatoms. The van der Waals surface area contributed by atoms with Crippen LogP contribution in [0, 0.1) is 5.92 Å². The van der Waals surface area contributed by atoms with Gasteiger partial charge in [0.25, 0.3) is 0 Å². The van der Waals surface area contributed by atoms with Crippen molar-refractivity contribution in [2.24, 2.45) is 5.92 Å². The zero-order valence-electron chi connectivity index (χ0n) is 12.3. The number of ketones is 1. The first-order valence-corrected chi connectivity index (χ1v) is 6.81. The van der Waals surface area contributed by atoms with Gasteiger partial charge in [0.1, 0.15) is 0 Å². The van der Waals surface area contributed by atoms with E-state index in [4.69, 9.17) is 5.73 Å². The molecule has 0 aliphatic carbocycles. The summed E-state index contributed by atoms with van der Waals surface area (Å²) in [5.74, 6) is 0.424. The quantitative estimate of drug-likeness (QED) is 0.526. The van der Waals surface area contributed by atoms with Gasteiger partial charge in [-0.25, -0.2) is 0 Å². The molecule has 110 valence electrons. The highest BCUT2D eigenvalue weighted by molar-refractivity contribution is 5.99. The molecule has 0 bridgehead atoms. The number of anilines is 2. The number of nitrogens with two attached hydrogens (primary N) is 1. The predicted octanol–water partition coefficient (Wildman–Crippen LogP) is 2.05. The van der Waals surface area contributed by atoms with Gasteiger partial charge in [-0.15, -0.1) is 0 Å². The van der Waals surface area contributed by atoms with Crippen LogP contribution in [-0.2, 0) is 4.79 Å². The molecule has 5 nitrogen and oxygen atoms in total. The third-order valence-electron chi connectivity index (χ3n) is 2.82. The van der Waals surface area contributed by atoms with E-state index in [9.17, 15) is 9.59 Å². The number of hydrogen-bond acceptors (Lipinski definition) is 4. The molecule has 1 rings (SSSR count). The SMILES string of the molecule is CC(=O)c1ccc(NCCC(=O)NCC(C)C)cc1N. The zero-order valence-corrected chi connectivity index (χ0v) is 12.3. The molecule has 0 fully saturated rings. The molecule has 0 saturated heterocycles. The summed E-state index contributed by atoms with van der Waals surface area (Å²) >= 11 is 0. The van der Waals surface area contributed by atoms with E-state index >= 15 is 0 Å². The zero-order chi connectivity index (χ0) is 15.1. The van der Waals surface area contributed by atoms with E-state index in [1.165, 1.54) is 6.92 Å². The van der Waals surface area contributed by atoms with Crippen molar-refractivity contribution in [2.75, 3.05) is 24.1 Å². The normalized spacial score (nSPS) is 10.4. The largest absolute Gasteiger partial charge is 0.398 e. The first-order chi connectivity index (χ1) is 9.40. The summed E-state index contributed by atoms with van der Waals surface area (Å²) in [6.07, 6.45) is 0.404. The van der Waals surface area contributed by atoms with E-state index in [0.29, 0.717) is 36.7 Å². The van der Waals surface area contributed by atoms with E-state index in [2.05, 4.69) is 24.5 Å². The Balaban J connectivity index is 2.41. The second kappa shape index (κ2) is 7.53. The molecule has 0 spiro atoms. The monoisotopic (exact) mass is 277 g/mol. The van der Waals surface area contributed by atoms with E-state index in [1.807, 2.05) is 0 Å². The number of carbonyl (C=O) groups excluding carboxylic acids is 2. The van der Waals surface area contributed by atoms with Crippen LogP contribution in [0.4, 0.5) is 11.4 Å². The summed E-state index contributed by atoms with van der Waals surface area (Å²) in [4.78, 5) is 22.8. The van der Waals surface area contributed by atoms with Gasteiger partial charge in [0, 0.05) is 36.4 Å². The fraction of sp³-hybridized carbons (Fsp3) is 0.467. The minimum absolute atomic E-state index is 0.0273. The van der Waals surface area contributed by atoms with Crippen LogP contribution in [0.2, 0.25) is 0 Å². The van der Waals surface area contributed by atoms with Gasteiger partial charge in [-0.2, -0.15) is 0 Å². The average molecular weight is 277 g/mol. The van der Waals surface area contributed by atoms with Crippen LogP contribution in [0.5, 0.6) is 0 Å². The van der Waals surface area contributed by atoms with Crippen LogP contribution < -0.4 is 16.4 Å². The van der Waals surface area contributed by atoms with Crippen molar-refractivity contribution in [2.45, 2.75) is 27.2 Å². The highest BCUT2D eigenvalue weighted by Gasteiger charge is 2.06. The molecule has 1 aromatic carbocycles. The van der Waals surface area contributed by atoms with Gasteiger partial charge in [-0.1, -0.05) is 13.8 Å². The van der Waals surface area contributed by atoms with Crippen molar-refractivity contribution >= 4 is 23.1 Å². The number of benzene rings is 1. The number of rotatable bonds is 7. The fourth-order valence-electron chi connectivity index (χ4n) is 1.72. The minimum atomic E-state index is -0.0536. The third kappa shape index (κ3) is 5.30. The van der Waals surface area contributed by atoms with Gasteiger partial charge in [-0.3, -0.25) is 9.59 Å². The van der Waals surface area contributed by atoms with Crippen LogP contribution in [0.3, 0.4) is 0 Å². The molecule has 0 saturated carbocycles. The van der Waals surface area contributed by atoms with E-state index in [1.54, 1.807) is 18.2 Å². The number of nitrogens with one attached hydrogen (secondary N) is 2.